The van der Waals surface area contributed by atoms with E-state index in [1.807, 2.05) is 24.3 Å². The molecule has 22 heavy (non-hydrogen) atoms. The summed E-state index contributed by atoms with van der Waals surface area (Å²) in [6.45, 7) is 0. The monoisotopic (exact) mass is 359 g/mol. The van der Waals surface area contributed by atoms with Crippen molar-refractivity contribution in [3.8, 4) is 22.9 Å². The first-order valence-corrected chi connectivity index (χ1v) is 7.53. The minimum atomic E-state index is -0.450. The summed E-state index contributed by atoms with van der Waals surface area (Å²) in [4.78, 5) is 10.2. The molecule has 0 aliphatic carbocycles. The van der Waals surface area contributed by atoms with E-state index in [4.69, 9.17) is 4.42 Å². The molecule has 0 saturated carbocycles. The molecule has 0 saturated heterocycles. The summed E-state index contributed by atoms with van der Waals surface area (Å²) in [7, 11) is 0. The van der Waals surface area contributed by atoms with E-state index in [0.29, 0.717) is 17.3 Å². The Hall–Kier alpha value is -2.54. The molecule has 0 unspecified atom stereocenters. The van der Waals surface area contributed by atoms with Crippen molar-refractivity contribution in [3.63, 3.8) is 0 Å². The van der Waals surface area contributed by atoms with Gasteiger partial charge in [0, 0.05) is 28.6 Å². The first-order chi connectivity index (χ1) is 10.7. The van der Waals surface area contributed by atoms with Gasteiger partial charge in [-0.25, -0.2) is 0 Å². The van der Waals surface area contributed by atoms with Gasteiger partial charge in [0.25, 0.3) is 5.69 Å². The standard InChI is InChI=1S/C15H10BrN3O3/c16-9-10-1-3-11(4-2-10)14-17-18-15(22-14)12-5-7-13(8-6-12)19(20)21/h1-8H,9H2. The zero-order valence-corrected chi connectivity index (χ0v) is 12.9. The molecule has 2 aromatic carbocycles. The lowest BCUT2D eigenvalue weighted by Crippen LogP contribution is -1.87. The molecule has 0 aliphatic heterocycles. The fourth-order valence-corrected chi connectivity index (χ4v) is 2.29. The zero-order chi connectivity index (χ0) is 15.5. The molecule has 0 fully saturated rings. The number of nitrogens with zero attached hydrogens (tertiary/aromatic N) is 3. The van der Waals surface area contributed by atoms with Gasteiger partial charge in [0.15, 0.2) is 0 Å². The Balaban J connectivity index is 1.87. The van der Waals surface area contributed by atoms with Gasteiger partial charge >= 0.3 is 0 Å². The molecule has 0 atom stereocenters. The van der Waals surface area contributed by atoms with Gasteiger partial charge in [-0.15, -0.1) is 10.2 Å². The summed E-state index contributed by atoms with van der Waals surface area (Å²) in [6.07, 6.45) is 0. The van der Waals surface area contributed by atoms with E-state index in [-0.39, 0.29) is 5.69 Å². The number of aromatic nitrogens is 2. The number of halogens is 1. The second-order valence-corrected chi connectivity index (χ2v) is 5.11. The van der Waals surface area contributed by atoms with Gasteiger partial charge in [-0.1, -0.05) is 28.1 Å². The Labute approximate surface area is 134 Å². The van der Waals surface area contributed by atoms with Crippen LogP contribution in [0.5, 0.6) is 0 Å². The van der Waals surface area contributed by atoms with E-state index in [9.17, 15) is 10.1 Å². The molecule has 0 N–H and O–H groups in total. The summed E-state index contributed by atoms with van der Waals surface area (Å²) in [5.74, 6) is 0.740. The van der Waals surface area contributed by atoms with E-state index in [0.717, 1.165) is 16.5 Å². The molecular weight excluding hydrogens is 350 g/mol. The van der Waals surface area contributed by atoms with Gasteiger partial charge in [-0.2, -0.15) is 0 Å². The van der Waals surface area contributed by atoms with Crippen molar-refractivity contribution < 1.29 is 9.34 Å². The second-order valence-electron chi connectivity index (χ2n) is 4.55. The summed E-state index contributed by atoms with van der Waals surface area (Å²) in [5.41, 5.74) is 2.64. The van der Waals surface area contributed by atoms with Crippen LogP contribution in [0.25, 0.3) is 22.9 Å². The van der Waals surface area contributed by atoms with Crippen LogP contribution in [0.2, 0.25) is 0 Å². The molecule has 0 bridgehead atoms. The van der Waals surface area contributed by atoms with Crippen LogP contribution in [0, 0.1) is 10.1 Å². The minimum absolute atomic E-state index is 0.0221. The highest BCUT2D eigenvalue weighted by atomic mass is 79.9. The van der Waals surface area contributed by atoms with E-state index >= 15 is 0 Å². The molecule has 0 radical (unpaired) electrons. The predicted octanol–water partition coefficient (Wildman–Crippen LogP) is 4.21. The number of alkyl halides is 1. The first kappa shape index (κ1) is 14.4. The Morgan fingerprint density at radius 1 is 0.955 bits per heavy atom. The lowest BCUT2D eigenvalue weighted by Gasteiger charge is -1.97. The van der Waals surface area contributed by atoms with Gasteiger partial charge in [0.2, 0.25) is 11.8 Å². The smallest absolute Gasteiger partial charge is 0.269 e. The number of non-ortho nitro benzene ring substituents is 1. The topological polar surface area (TPSA) is 82.1 Å². The van der Waals surface area contributed by atoms with Gasteiger partial charge in [0.05, 0.1) is 4.92 Å². The third-order valence-electron chi connectivity index (χ3n) is 3.11. The van der Waals surface area contributed by atoms with Crippen molar-refractivity contribution in [3.05, 3.63) is 64.2 Å². The number of hydrogen-bond acceptors (Lipinski definition) is 5. The molecule has 3 aromatic rings. The molecule has 0 aliphatic rings. The predicted molar refractivity (Wildman–Crippen MR) is 84.5 cm³/mol. The third kappa shape index (κ3) is 2.89. The van der Waals surface area contributed by atoms with Gasteiger partial charge in [-0.3, -0.25) is 10.1 Å². The summed E-state index contributed by atoms with van der Waals surface area (Å²) < 4.78 is 5.63. The minimum Gasteiger partial charge on any atom is -0.416 e. The second kappa shape index (κ2) is 6.07. The highest BCUT2D eigenvalue weighted by Crippen LogP contribution is 2.25. The molecule has 0 amide bonds. The Morgan fingerprint density at radius 2 is 1.45 bits per heavy atom. The number of nitro benzene ring substituents is 1. The fraction of sp³-hybridized carbons (Fsp3) is 0.0667. The van der Waals surface area contributed by atoms with Crippen LogP contribution in [0.3, 0.4) is 0 Å². The first-order valence-electron chi connectivity index (χ1n) is 6.41. The Morgan fingerprint density at radius 3 is 1.91 bits per heavy atom. The highest BCUT2D eigenvalue weighted by molar-refractivity contribution is 9.08. The maximum Gasteiger partial charge on any atom is 0.269 e. The number of rotatable bonds is 4. The number of nitro groups is 1. The Kier molecular flexibility index (Phi) is 3.97. The molecule has 3 rings (SSSR count). The number of benzene rings is 2. The molecule has 7 heteroatoms. The maximum absolute atomic E-state index is 10.6. The summed E-state index contributed by atoms with van der Waals surface area (Å²) in [5, 5.41) is 19.4. The lowest BCUT2D eigenvalue weighted by molar-refractivity contribution is -0.384. The van der Waals surface area contributed by atoms with Crippen LogP contribution in [0.1, 0.15) is 5.56 Å². The quantitative estimate of drug-likeness (QED) is 0.396. The average molecular weight is 360 g/mol. The van der Waals surface area contributed by atoms with Gasteiger partial charge in [0.1, 0.15) is 0 Å². The van der Waals surface area contributed by atoms with Crippen molar-refractivity contribution in [1.29, 1.82) is 0 Å². The third-order valence-corrected chi connectivity index (χ3v) is 3.75. The zero-order valence-electron chi connectivity index (χ0n) is 11.3. The van der Waals surface area contributed by atoms with E-state index in [1.165, 1.54) is 12.1 Å². The lowest BCUT2D eigenvalue weighted by atomic mass is 10.1. The Bertz CT molecular complexity index is 798. The normalized spacial score (nSPS) is 10.6. The van der Waals surface area contributed by atoms with Crippen LogP contribution in [-0.2, 0) is 5.33 Å². The average Bonchev–Trinajstić information content (AvgIpc) is 3.05. The van der Waals surface area contributed by atoms with Crippen LogP contribution >= 0.6 is 15.9 Å². The van der Waals surface area contributed by atoms with E-state index < -0.39 is 4.92 Å². The van der Waals surface area contributed by atoms with Crippen LogP contribution < -0.4 is 0 Å². The van der Waals surface area contributed by atoms with Crippen molar-refractivity contribution in [2.75, 3.05) is 0 Å². The largest absolute Gasteiger partial charge is 0.416 e. The van der Waals surface area contributed by atoms with Crippen LogP contribution in [0.4, 0.5) is 5.69 Å². The molecule has 6 nitrogen and oxygen atoms in total. The van der Waals surface area contributed by atoms with Crippen molar-refractivity contribution >= 4 is 21.6 Å². The molecule has 1 aromatic heterocycles. The highest BCUT2D eigenvalue weighted by Gasteiger charge is 2.12. The van der Waals surface area contributed by atoms with Crippen molar-refractivity contribution in [1.82, 2.24) is 10.2 Å². The molecule has 1 heterocycles. The van der Waals surface area contributed by atoms with Crippen molar-refractivity contribution in [2.45, 2.75) is 5.33 Å². The van der Waals surface area contributed by atoms with Crippen molar-refractivity contribution in [2.24, 2.45) is 0 Å². The number of hydrogen-bond donors (Lipinski definition) is 0. The van der Waals surface area contributed by atoms with Gasteiger partial charge in [-0.05, 0) is 29.8 Å². The van der Waals surface area contributed by atoms with Crippen LogP contribution in [-0.4, -0.2) is 15.1 Å². The molecular formula is C15H10BrN3O3. The molecule has 0 spiro atoms. The summed E-state index contributed by atoms with van der Waals surface area (Å²) >= 11 is 3.39. The maximum atomic E-state index is 10.6. The van der Waals surface area contributed by atoms with E-state index in [2.05, 4.69) is 26.1 Å². The fourth-order valence-electron chi connectivity index (χ4n) is 1.92. The van der Waals surface area contributed by atoms with E-state index in [1.54, 1.807) is 12.1 Å². The summed E-state index contributed by atoms with van der Waals surface area (Å²) in [6, 6.07) is 13.7. The van der Waals surface area contributed by atoms with Crippen LogP contribution in [0.15, 0.2) is 52.9 Å². The molecule has 110 valence electrons. The SMILES string of the molecule is O=[N+]([O-])c1ccc(-c2nnc(-c3ccc(CBr)cc3)o2)cc1. The van der Waals surface area contributed by atoms with Gasteiger partial charge < -0.3 is 4.42 Å².